The second-order valence-electron chi connectivity index (χ2n) is 7.99. The predicted molar refractivity (Wildman–Crippen MR) is 116 cm³/mol. The smallest absolute Gasteiger partial charge is 0.255 e. The van der Waals surface area contributed by atoms with Gasteiger partial charge in [0, 0.05) is 35.9 Å². The molecular formula is C22H25N3O4S. The van der Waals surface area contributed by atoms with Gasteiger partial charge in [-0.05, 0) is 74.2 Å². The lowest BCUT2D eigenvalue weighted by Crippen LogP contribution is -2.34. The summed E-state index contributed by atoms with van der Waals surface area (Å²) in [7, 11) is -3.36. The highest BCUT2D eigenvalue weighted by Crippen LogP contribution is 2.34. The van der Waals surface area contributed by atoms with Gasteiger partial charge in [-0.3, -0.25) is 13.9 Å². The van der Waals surface area contributed by atoms with Gasteiger partial charge in [-0.2, -0.15) is 0 Å². The van der Waals surface area contributed by atoms with Crippen LogP contribution in [-0.2, 0) is 16.4 Å². The molecule has 7 nitrogen and oxygen atoms in total. The number of amides is 2. The molecule has 0 spiro atoms. The molecule has 2 aromatic carbocycles. The molecule has 8 heteroatoms. The molecule has 2 aromatic rings. The summed E-state index contributed by atoms with van der Waals surface area (Å²) in [6.45, 7) is 3.45. The Morgan fingerprint density at radius 3 is 2.27 bits per heavy atom. The van der Waals surface area contributed by atoms with Crippen LogP contribution in [0.25, 0.3) is 0 Å². The van der Waals surface area contributed by atoms with Gasteiger partial charge in [0.25, 0.3) is 11.8 Å². The van der Waals surface area contributed by atoms with Crippen molar-refractivity contribution in [3.63, 3.8) is 0 Å². The molecule has 1 atom stereocenters. The second-order valence-corrected chi connectivity index (χ2v) is 9.85. The number of carbonyl (C=O) groups excluding carboxylic acids is 2. The lowest BCUT2D eigenvalue weighted by atomic mass is 10.1. The van der Waals surface area contributed by atoms with E-state index in [1.807, 2.05) is 11.8 Å². The highest BCUT2D eigenvalue weighted by Gasteiger charge is 2.32. The Labute approximate surface area is 176 Å². The molecule has 158 valence electrons. The van der Waals surface area contributed by atoms with E-state index in [1.54, 1.807) is 42.5 Å². The summed E-state index contributed by atoms with van der Waals surface area (Å²) in [5, 5.41) is 2.84. The average molecular weight is 428 g/mol. The maximum atomic E-state index is 12.7. The molecule has 2 amide bonds. The number of likely N-dealkylation sites (tertiary alicyclic amines) is 1. The number of sulfonamides is 1. The minimum absolute atomic E-state index is 0.0218. The standard InChI is InChI=1S/C22H25N3O4S/c1-15-13-18-14-17(7-10-20(18)25(15)30(2,28)29)21(26)23-19-8-5-16(6-9-19)22(27)24-11-3-4-12-24/h5-10,14-15H,3-4,11-13H2,1-2H3,(H,23,26). The van der Waals surface area contributed by atoms with E-state index in [4.69, 9.17) is 0 Å². The largest absolute Gasteiger partial charge is 0.339 e. The van der Waals surface area contributed by atoms with Crippen molar-refractivity contribution in [1.82, 2.24) is 4.90 Å². The normalized spacial score (nSPS) is 18.4. The number of benzene rings is 2. The van der Waals surface area contributed by atoms with Gasteiger partial charge in [-0.1, -0.05) is 0 Å². The molecule has 0 aliphatic carbocycles. The monoisotopic (exact) mass is 427 g/mol. The molecule has 30 heavy (non-hydrogen) atoms. The lowest BCUT2D eigenvalue weighted by molar-refractivity contribution is 0.0792. The Morgan fingerprint density at radius 2 is 1.63 bits per heavy atom. The summed E-state index contributed by atoms with van der Waals surface area (Å²) in [6.07, 6.45) is 3.84. The van der Waals surface area contributed by atoms with Crippen molar-refractivity contribution >= 4 is 33.2 Å². The van der Waals surface area contributed by atoms with E-state index in [-0.39, 0.29) is 17.9 Å². The Bertz CT molecular complexity index is 1090. The Hall–Kier alpha value is -2.87. The number of nitrogens with one attached hydrogen (secondary N) is 1. The van der Waals surface area contributed by atoms with Crippen LogP contribution in [0.3, 0.4) is 0 Å². The van der Waals surface area contributed by atoms with Crippen LogP contribution in [0.4, 0.5) is 11.4 Å². The molecule has 4 rings (SSSR count). The van der Waals surface area contributed by atoms with Crippen molar-refractivity contribution in [1.29, 1.82) is 0 Å². The molecule has 1 saturated heterocycles. The van der Waals surface area contributed by atoms with E-state index in [0.29, 0.717) is 28.9 Å². The van der Waals surface area contributed by atoms with Crippen LogP contribution in [0.5, 0.6) is 0 Å². The summed E-state index contributed by atoms with van der Waals surface area (Å²) in [6, 6.07) is 11.8. The van der Waals surface area contributed by atoms with Crippen molar-refractivity contribution in [2.24, 2.45) is 0 Å². The number of hydrogen-bond donors (Lipinski definition) is 1. The van der Waals surface area contributed by atoms with Crippen LogP contribution in [0.2, 0.25) is 0 Å². The molecular weight excluding hydrogens is 402 g/mol. The second kappa shape index (κ2) is 7.75. The minimum Gasteiger partial charge on any atom is -0.339 e. The fourth-order valence-corrected chi connectivity index (χ4v) is 5.52. The molecule has 0 radical (unpaired) electrons. The van der Waals surface area contributed by atoms with Crippen LogP contribution in [-0.4, -0.2) is 50.5 Å². The van der Waals surface area contributed by atoms with E-state index < -0.39 is 10.0 Å². The van der Waals surface area contributed by atoms with Gasteiger partial charge in [0.2, 0.25) is 10.0 Å². The van der Waals surface area contributed by atoms with Crippen LogP contribution in [0, 0.1) is 0 Å². The summed E-state index contributed by atoms with van der Waals surface area (Å²) >= 11 is 0. The van der Waals surface area contributed by atoms with E-state index in [9.17, 15) is 18.0 Å². The van der Waals surface area contributed by atoms with Crippen molar-refractivity contribution in [3.8, 4) is 0 Å². The lowest BCUT2D eigenvalue weighted by Gasteiger charge is -2.21. The molecule has 2 heterocycles. The van der Waals surface area contributed by atoms with Crippen LogP contribution in [0.1, 0.15) is 46.0 Å². The maximum absolute atomic E-state index is 12.7. The first-order valence-corrected chi connectivity index (χ1v) is 11.9. The van der Waals surface area contributed by atoms with Crippen molar-refractivity contribution in [2.75, 3.05) is 29.0 Å². The number of anilines is 2. The van der Waals surface area contributed by atoms with E-state index in [0.717, 1.165) is 31.5 Å². The fourth-order valence-electron chi connectivity index (χ4n) is 4.25. The summed E-state index contributed by atoms with van der Waals surface area (Å²) in [5.41, 5.74) is 3.15. The molecule has 1 N–H and O–H groups in total. The van der Waals surface area contributed by atoms with Crippen molar-refractivity contribution in [2.45, 2.75) is 32.2 Å². The zero-order chi connectivity index (χ0) is 21.5. The van der Waals surface area contributed by atoms with E-state index >= 15 is 0 Å². The van der Waals surface area contributed by atoms with Gasteiger partial charge >= 0.3 is 0 Å². The quantitative estimate of drug-likeness (QED) is 0.813. The summed E-state index contributed by atoms with van der Waals surface area (Å²) in [5.74, 6) is -0.254. The molecule has 1 fully saturated rings. The zero-order valence-electron chi connectivity index (χ0n) is 17.1. The molecule has 0 saturated carbocycles. The van der Waals surface area contributed by atoms with Gasteiger partial charge in [0.05, 0.1) is 11.9 Å². The number of nitrogens with zero attached hydrogens (tertiary/aromatic N) is 2. The minimum atomic E-state index is -3.36. The SMILES string of the molecule is CC1Cc2cc(C(=O)Nc3ccc(C(=O)N4CCCC4)cc3)ccc2N1S(C)(=O)=O. The third-order valence-electron chi connectivity index (χ3n) is 5.64. The van der Waals surface area contributed by atoms with Gasteiger partial charge < -0.3 is 10.2 Å². The van der Waals surface area contributed by atoms with Crippen molar-refractivity contribution in [3.05, 3.63) is 59.2 Å². The first kappa shape index (κ1) is 20.4. The van der Waals surface area contributed by atoms with E-state index in [1.165, 1.54) is 10.6 Å². The third kappa shape index (κ3) is 3.92. The number of fused-ring (bicyclic) bond motifs is 1. The Morgan fingerprint density at radius 1 is 1.00 bits per heavy atom. The van der Waals surface area contributed by atoms with E-state index in [2.05, 4.69) is 5.32 Å². The highest BCUT2D eigenvalue weighted by atomic mass is 32.2. The summed E-state index contributed by atoms with van der Waals surface area (Å²) in [4.78, 5) is 27.0. The predicted octanol–water partition coefficient (Wildman–Crippen LogP) is 2.89. The molecule has 0 bridgehead atoms. The summed E-state index contributed by atoms with van der Waals surface area (Å²) < 4.78 is 25.5. The zero-order valence-corrected chi connectivity index (χ0v) is 17.9. The van der Waals surface area contributed by atoms with Crippen LogP contribution < -0.4 is 9.62 Å². The highest BCUT2D eigenvalue weighted by molar-refractivity contribution is 7.92. The first-order valence-electron chi connectivity index (χ1n) is 10.1. The molecule has 1 unspecified atom stereocenters. The van der Waals surface area contributed by atoms with Gasteiger partial charge in [0.15, 0.2) is 0 Å². The maximum Gasteiger partial charge on any atom is 0.255 e. The Kier molecular flexibility index (Phi) is 5.27. The molecule has 2 aliphatic heterocycles. The van der Waals surface area contributed by atoms with Gasteiger partial charge in [-0.25, -0.2) is 8.42 Å². The number of hydrogen-bond acceptors (Lipinski definition) is 4. The fraction of sp³-hybridized carbons (Fsp3) is 0.364. The van der Waals surface area contributed by atoms with Crippen molar-refractivity contribution < 1.29 is 18.0 Å². The van der Waals surface area contributed by atoms with Gasteiger partial charge in [0.1, 0.15) is 0 Å². The topological polar surface area (TPSA) is 86.8 Å². The Balaban J connectivity index is 1.47. The number of rotatable bonds is 4. The number of carbonyl (C=O) groups is 2. The average Bonchev–Trinajstić information content (AvgIpc) is 3.34. The van der Waals surface area contributed by atoms with Crippen LogP contribution in [0.15, 0.2) is 42.5 Å². The third-order valence-corrected chi connectivity index (χ3v) is 6.91. The first-order chi connectivity index (χ1) is 14.2. The van der Waals surface area contributed by atoms with Gasteiger partial charge in [-0.15, -0.1) is 0 Å². The molecule has 0 aromatic heterocycles. The van der Waals surface area contributed by atoms with Crippen LogP contribution >= 0.6 is 0 Å². The molecule has 2 aliphatic rings.